The summed E-state index contributed by atoms with van der Waals surface area (Å²) in [5.41, 5.74) is 3.27. The van der Waals surface area contributed by atoms with E-state index in [2.05, 4.69) is 34.2 Å². The van der Waals surface area contributed by atoms with Crippen molar-refractivity contribution in [3.8, 4) is 5.75 Å². The maximum atomic E-state index is 13.7. The molecule has 0 atom stereocenters. The lowest BCUT2D eigenvalue weighted by Crippen LogP contribution is -2.42. The second-order valence-electron chi connectivity index (χ2n) is 6.77. The summed E-state index contributed by atoms with van der Waals surface area (Å²) in [4.78, 5) is 4.57. The lowest BCUT2D eigenvalue weighted by molar-refractivity contribution is -0.0213. The third-order valence-corrected chi connectivity index (χ3v) is 5.05. The van der Waals surface area contributed by atoms with Gasteiger partial charge in [0.25, 0.3) is 0 Å². The molecule has 3 heterocycles. The standard InChI is InChI=1S/C19H23F2N3O/c1-14-11-15(23-9-6-22-7-10-23)3-2-8-24(14)16-4-5-17-18(12-16)25-13-19(17,20)21/h3-5,11-12,22H,2,6-10,13H2,1H3. The van der Waals surface area contributed by atoms with Crippen LogP contribution in [0.5, 0.6) is 5.75 Å². The topological polar surface area (TPSA) is 27.7 Å². The molecule has 0 saturated carbocycles. The van der Waals surface area contributed by atoms with Crippen LogP contribution in [-0.4, -0.2) is 44.2 Å². The number of nitrogens with one attached hydrogen (secondary N) is 1. The van der Waals surface area contributed by atoms with Gasteiger partial charge < -0.3 is 19.9 Å². The number of rotatable bonds is 2. The van der Waals surface area contributed by atoms with Crippen molar-refractivity contribution in [2.45, 2.75) is 19.3 Å². The van der Waals surface area contributed by atoms with E-state index in [1.54, 1.807) is 12.1 Å². The Bertz CT molecular complexity index is 723. The first-order chi connectivity index (χ1) is 12.0. The summed E-state index contributed by atoms with van der Waals surface area (Å²) in [6, 6.07) is 5.01. The maximum absolute atomic E-state index is 13.7. The van der Waals surface area contributed by atoms with E-state index >= 15 is 0 Å². The molecular weight excluding hydrogens is 324 g/mol. The normalized spacial score (nSPS) is 22.7. The first-order valence-corrected chi connectivity index (χ1v) is 8.81. The van der Waals surface area contributed by atoms with Crippen LogP contribution >= 0.6 is 0 Å². The van der Waals surface area contributed by atoms with Crippen molar-refractivity contribution in [1.82, 2.24) is 10.2 Å². The average Bonchev–Trinajstić information content (AvgIpc) is 2.79. The average molecular weight is 347 g/mol. The molecule has 1 N–H and O–H groups in total. The number of allylic oxidation sites excluding steroid dienone is 2. The highest BCUT2D eigenvalue weighted by atomic mass is 19.3. The number of alkyl halides is 2. The Morgan fingerprint density at radius 1 is 1.16 bits per heavy atom. The summed E-state index contributed by atoms with van der Waals surface area (Å²) in [7, 11) is 0. The van der Waals surface area contributed by atoms with Crippen LogP contribution in [0.4, 0.5) is 14.5 Å². The molecule has 0 bridgehead atoms. The van der Waals surface area contributed by atoms with Gasteiger partial charge in [-0.3, -0.25) is 0 Å². The van der Waals surface area contributed by atoms with Gasteiger partial charge in [-0.25, -0.2) is 0 Å². The molecule has 1 aromatic rings. The van der Waals surface area contributed by atoms with E-state index in [1.165, 1.54) is 11.8 Å². The third-order valence-electron chi connectivity index (χ3n) is 5.05. The minimum absolute atomic E-state index is 0.00710. The molecule has 3 aliphatic rings. The third kappa shape index (κ3) is 3.11. The van der Waals surface area contributed by atoms with Gasteiger partial charge in [0.15, 0.2) is 6.61 Å². The van der Waals surface area contributed by atoms with Crippen LogP contribution in [0.1, 0.15) is 18.9 Å². The second kappa shape index (κ2) is 6.33. The summed E-state index contributed by atoms with van der Waals surface area (Å²) in [5.74, 6) is -2.58. The van der Waals surface area contributed by atoms with Crippen molar-refractivity contribution >= 4 is 5.69 Å². The van der Waals surface area contributed by atoms with Crippen LogP contribution < -0.4 is 15.0 Å². The number of benzene rings is 1. The minimum Gasteiger partial charge on any atom is -0.486 e. The highest BCUT2D eigenvalue weighted by molar-refractivity contribution is 5.60. The van der Waals surface area contributed by atoms with Crippen molar-refractivity contribution in [3.63, 3.8) is 0 Å². The first kappa shape index (κ1) is 16.4. The van der Waals surface area contributed by atoms with Gasteiger partial charge in [-0.2, -0.15) is 8.78 Å². The highest BCUT2D eigenvalue weighted by Crippen LogP contribution is 2.43. The molecule has 1 saturated heterocycles. The molecule has 4 nitrogen and oxygen atoms in total. The van der Waals surface area contributed by atoms with Crippen LogP contribution in [-0.2, 0) is 5.92 Å². The number of nitrogens with zero attached hydrogens (tertiary/aromatic N) is 2. The molecule has 0 aliphatic carbocycles. The van der Waals surface area contributed by atoms with E-state index in [9.17, 15) is 8.78 Å². The number of anilines is 1. The molecule has 6 heteroatoms. The minimum atomic E-state index is -2.88. The van der Waals surface area contributed by atoms with Gasteiger partial charge in [0.2, 0.25) is 0 Å². The zero-order valence-corrected chi connectivity index (χ0v) is 14.4. The molecule has 134 valence electrons. The van der Waals surface area contributed by atoms with E-state index in [0.29, 0.717) is 5.75 Å². The van der Waals surface area contributed by atoms with Crippen LogP contribution in [0.2, 0.25) is 0 Å². The smallest absolute Gasteiger partial charge is 0.310 e. The zero-order valence-electron chi connectivity index (χ0n) is 14.4. The van der Waals surface area contributed by atoms with Crippen molar-refractivity contribution in [2.75, 3.05) is 44.2 Å². The van der Waals surface area contributed by atoms with Crippen molar-refractivity contribution in [1.29, 1.82) is 0 Å². The van der Waals surface area contributed by atoms with Gasteiger partial charge in [-0.05, 0) is 31.6 Å². The molecule has 0 spiro atoms. The molecule has 4 rings (SSSR count). The van der Waals surface area contributed by atoms with E-state index in [0.717, 1.165) is 50.5 Å². The predicted molar refractivity (Wildman–Crippen MR) is 94.1 cm³/mol. The Morgan fingerprint density at radius 3 is 2.76 bits per heavy atom. The second-order valence-corrected chi connectivity index (χ2v) is 6.77. The van der Waals surface area contributed by atoms with E-state index in [4.69, 9.17) is 4.74 Å². The van der Waals surface area contributed by atoms with Crippen LogP contribution in [0.25, 0.3) is 0 Å². The largest absolute Gasteiger partial charge is 0.486 e. The monoisotopic (exact) mass is 347 g/mol. The fourth-order valence-corrected chi connectivity index (χ4v) is 3.69. The summed E-state index contributed by atoms with van der Waals surface area (Å²) in [6.07, 6.45) is 5.38. The summed E-state index contributed by atoms with van der Waals surface area (Å²) in [6.45, 7) is 6.37. The van der Waals surface area contributed by atoms with E-state index in [1.807, 2.05) is 0 Å². The summed E-state index contributed by atoms with van der Waals surface area (Å²) < 4.78 is 32.7. The molecule has 0 unspecified atom stereocenters. The van der Waals surface area contributed by atoms with Crippen LogP contribution in [0.15, 0.2) is 41.7 Å². The number of ether oxygens (including phenoxy) is 1. The van der Waals surface area contributed by atoms with Gasteiger partial charge >= 0.3 is 5.92 Å². The molecular formula is C19H23F2N3O. The fraction of sp³-hybridized carbons (Fsp3) is 0.474. The SMILES string of the molecule is CC1=CC(N2CCNCC2)=CCCN1c1ccc2c(c1)OCC2(F)F. The summed E-state index contributed by atoms with van der Waals surface area (Å²) in [5, 5.41) is 3.37. The van der Waals surface area contributed by atoms with Crippen LogP contribution in [0.3, 0.4) is 0 Å². The van der Waals surface area contributed by atoms with Crippen LogP contribution in [0, 0.1) is 0 Å². The Labute approximate surface area is 146 Å². The molecule has 25 heavy (non-hydrogen) atoms. The van der Waals surface area contributed by atoms with E-state index < -0.39 is 12.5 Å². The Morgan fingerprint density at radius 2 is 1.96 bits per heavy atom. The number of piperazine rings is 1. The maximum Gasteiger partial charge on any atom is 0.310 e. The molecule has 0 amide bonds. The fourth-order valence-electron chi connectivity index (χ4n) is 3.69. The molecule has 1 aromatic carbocycles. The highest BCUT2D eigenvalue weighted by Gasteiger charge is 2.41. The number of halogens is 2. The Hall–Kier alpha value is -2.08. The van der Waals surface area contributed by atoms with Gasteiger partial charge in [-0.15, -0.1) is 0 Å². The zero-order chi connectivity index (χ0) is 17.4. The number of hydrogen-bond acceptors (Lipinski definition) is 4. The lowest BCUT2D eigenvalue weighted by Gasteiger charge is -2.30. The van der Waals surface area contributed by atoms with Crippen molar-refractivity contribution < 1.29 is 13.5 Å². The molecule has 0 radical (unpaired) electrons. The van der Waals surface area contributed by atoms with Gasteiger partial charge in [-0.1, -0.05) is 6.08 Å². The quantitative estimate of drug-likeness (QED) is 0.890. The Kier molecular flexibility index (Phi) is 4.15. The van der Waals surface area contributed by atoms with Crippen molar-refractivity contribution in [3.05, 3.63) is 47.3 Å². The number of hydrogen-bond donors (Lipinski definition) is 1. The molecule has 1 fully saturated rings. The number of fused-ring (bicyclic) bond motifs is 1. The Balaban J connectivity index is 1.58. The predicted octanol–water partition coefficient (Wildman–Crippen LogP) is 3.07. The molecule has 3 aliphatic heterocycles. The lowest BCUT2D eigenvalue weighted by atomic mass is 10.1. The summed E-state index contributed by atoms with van der Waals surface area (Å²) >= 11 is 0. The van der Waals surface area contributed by atoms with Gasteiger partial charge in [0.05, 0.1) is 5.56 Å². The van der Waals surface area contributed by atoms with Crippen molar-refractivity contribution in [2.24, 2.45) is 0 Å². The van der Waals surface area contributed by atoms with E-state index in [-0.39, 0.29) is 5.56 Å². The molecule has 0 aromatic heterocycles. The first-order valence-electron chi connectivity index (χ1n) is 8.81. The van der Waals surface area contributed by atoms with Gasteiger partial charge in [0, 0.05) is 55.9 Å². The van der Waals surface area contributed by atoms with Gasteiger partial charge in [0.1, 0.15) is 5.75 Å².